The molecule has 0 unspecified atom stereocenters. The number of para-hydroxylation sites is 1. The summed E-state index contributed by atoms with van der Waals surface area (Å²) >= 11 is 0. The van der Waals surface area contributed by atoms with Crippen LogP contribution >= 0.6 is 0 Å². The van der Waals surface area contributed by atoms with Crippen molar-refractivity contribution in [1.82, 2.24) is 9.97 Å². The van der Waals surface area contributed by atoms with Gasteiger partial charge in [0.15, 0.2) is 5.82 Å². The fraction of sp³-hybridized carbons (Fsp3) is 0.0370. The molecule has 5 aromatic rings. The highest BCUT2D eigenvalue weighted by molar-refractivity contribution is 5.94. The summed E-state index contributed by atoms with van der Waals surface area (Å²) < 4.78 is 0. The zero-order valence-electron chi connectivity index (χ0n) is 16.2. The van der Waals surface area contributed by atoms with Gasteiger partial charge in [-0.05, 0) is 30.2 Å². The molecule has 5 rings (SSSR count). The summed E-state index contributed by atoms with van der Waals surface area (Å²) in [5.74, 6) is 0.754. The van der Waals surface area contributed by atoms with Gasteiger partial charge in [-0.3, -0.25) is 0 Å². The van der Waals surface area contributed by atoms with Gasteiger partial charge in [-0.25, -0.2) is 9.97 Å². The Kier molecular flexibility index (Phi) is 4.38. The number of aryl methyl sites for hydroxylation is 1. The van der Waals surface area contributed by atoms with Crippen LogP contribution in [0.25, 0.3) is 44.7 Å². The lowest BCUT2D eigenvalue weighted by molar-refractivity contribution is 1.23. The van der Waals surface area contributed by atoms with Crippen molar-refractivity contribution in [3.8, 4) is 33.8 Å². The zero-order chi connectivity index (χ0) is 19.6. The second kappa shape index (κ2) is 7.33. The number of nitrogens with zero attached hydrogens (tertiary/aromatic N) is 2. The molecule has 0 atom stereocenters. The number of hydrogen-bond donors (Lipinski definition) is 0. The van der Waals surface area contributed by atoms with Crippen LogP contribution in [0.2, 0.25) is 0 Å². The van der Waals surface area contributed by atoms with Gasteiger partial charge >= 0.3 is 0 Å². The standard InChI is InChI=1S/C27H20N2/c1-19-14-16-21(17-15-19)27-28-25-13-6-5-12-24(25)26(29-27)23-11-7-10-22(18-23)20-8-3-2-4-9-20/h2-18H,1H3. The van der Waals surface area contributed by atoms with Crippen molar-refractivity contribution in [3.63, 3.8) is 0 Å². The Labute approximate surface area is 170 Å². The summed E-state index contributed by atoms with van der Waals surface area (Å²) in [4.78, 5) is 9.83. The van der Waals surface area contributed by atoms with Crippen LogP contribution in [0.1, 0.15) is 5.56 Å². The van der Waals surface area contributed by atoms with E-state index < -0.39 is 0 Å². The van der Waals surface area contributed by atoms with E-state index >= 15 is 0 Å². The first-order chi connectivity index (χ1) is 14.3. The highest BCUT2D eigenvalue weighted by Crippen LogP contribution is 2.31. The molecule has 138 valence electrons. The first-order valence-electron chi connectivity index (χ1n) is 9.78. The third-order valence-corrected chi connectivity index (χ3v) is 5.16. The molecule has 0 aliphatic rings. The van der Waals surface area contributed by atoms with Crippen molar-refractivity contribution in [2.45, 2.75) is 6.92 Å². The molecule has 2 heteroatoms. The van der Waals surface area contributed by atoms with E-state index in [1.165, 1.54) is 16.7 Å². The minimum atomic E-state index is 0.754. The van der Waals surface area contributed by atoms with Gasteiger partial charge < -0.3 is 0 Å². The van der Waals surface area contributed by atoms with Gasteiger partial charge in [-0.1, -0.05) is 96.6 Å². The molecule has 0 fully saturated rings. The van der Waals surface area contributed by atoms with Crippen LogP contribution in [0.4, 0.5) is 0 Å². The Hall–Kier alpha value is -3.78. The monoisotopic (exact) mass is 372 g/mol. The van der Waals surface area contributed by atoms with E-state index in [9.17, 15) is 0 Å². The van der Waals surface area contributed by atoms with E-state index in [2.05, 4.69) is 91.9 Å². The van der Waals surface area contributed by atoms with Crippen molar-refractivity contribution in [1.29, 1.82) is 0 Å². The van der Waals surface area contributed by atoms with Crippen molar-refractivity contribution in [3.05, 3.63) is 109 Å². The lowest BCUT2D eigenvalue weighted by Crippen LogP contribution is -1.95. The molecular weight excluding hydrogens is 352 g/mol. The molecule has 0 saturated carbocycles. The third kappa shape index (κ3) is 3.41. The first kappa shape index (κ1) is 17.3. The van der Waals surface area contributed by atoms with Gasteiger partial charge in [0.05, 0.1) is 11.2 Å². The fourth-order valence-electron chi connectivity index (χ4n) is 3.61. The first-order valence-corrected chi connectivity index (χ1v) is 9.78. The molecule has 2 nitrogen and oxygen atoms in total. The smallest absolute Gasteiger partial charge is 0.160 e. The molecule has 0 aliphatic heterocycles. The van der Waals surface area contributed by atoms with E-state index in [-0.39, 0.29) is 0 Å². The van der Waals surface area contributed by atoms with Crippen molar-refractivity contribution in [2.24, 2.45) is 0 Å². The predicted octanol–water partition coefficient (Wildman–Crippen LogP) is 6.94. The molecule has 0 N–H and O–H groups in total. The Morgan fingerprint density at radius 3 is 2.03 bits per heavy atom. The molecule has 29 heavy (non-hydrogen) atoms. The number of aromatic nitrogens is 2. The minimum Gasteiger partial charge on any atom is -0.228 e. The van der Waals surface area contributed by atoms with Gasteiger partial charge in [-0.15, -0.1) is 0 Å². The summed E-state index contributed by atoms with van der Waals surface area (Å²) in [6.45, 7) is 2.09. The number of rotatable bonds is 3. The summed E-state index contributed by atoms with van der Waals surface area (Å²) in [7, 11) is 0. The van der Waals surface area contributed by atoms with Crippen molar-refractivity contribution >= 4 is 10.9 Å². The largest absolute Gasteiger partial charge is 0.228 e. The maximum Gasteiger partial charge on any atom is 0.160 e. The van der Waals surface area contributed by atoms with Gasteiger partial charge in [0, 0.05) is 16.5 Å². The summed E-state index contributed by atoms with van der Waals surface area (Å²) in [6, 6.07) is 35.6. The van der Waals surface area contributed by atoms with Crippen LogP contribution in [-0.2, 0) is 0 Å². The Balaban J connectivity index is 1.71. The normalized spacial score (nSPS) is 10.9. The molecule has 0 saturated heterocycles. The molecular formula is C27H20N2. The average molecular weight is 372 g/mol. The molecule has 0 bridgehead atoms. The van der Waals surface area contributed by atoms with Gasteiger partial charge in [0.1, 0.15) is 0 Å². The third-order valence-electron chi connectivity index (χ3n) is 5.16. The lowest BCUT2D eigenvalue weighted by Gasteiger charge is -2.11. The van der Waals surface area contributed by atoms with E-state index in [1.54, 1.807) is 0 Å². The van der Waals surface area contributed by atoms with Gasteiger partial charge in [0.2, 0.25) is 0 Å². The van der Waals surface area contributed by atoms with Gasteiger partial charge in [0.25, 0.3) is 0 Å². The van der Waals surface area contributed by atoms with E-state index in [0.29, 0.717) is 0 Å². The molecule has 0 radical (unpaired) electrons. The van der Waals surface area contributed by atoms with Crippen LogP contribution in [-0.4, -0.2) is 9.97 Å². The summed E-state index contributed by atoms with van der Waals surface area (Å²) in [5.41, 5.74) is 7.65. The lowest BCUT2D eigenvalue weighted by atomic mass is 9.99. The highest BCUT2D eigenvalue weighted by Gasteiger charge is 2.12. The Morgan fingerprint density at radius 1 is 0.517 bits per heavy atom. The zero-order valence-corrected chi connectivity index (χ0v) is 16.2. The molecule has 4 aromatic carbocycles. The molecule has 0 amide bonds. The quantitative estimate of drug-likeness (QED) is 0.343. The van der Waals surface area contributed by atoms with Crippen LogP contribution < -0.4 is 0 Å². The second-order valence-electron chi connectivity index (χ2n) is 7.23. The number of benzene rings is 4. The summed E-state index contributed by atoms with van der Waals surface area (Å²) in [6.07, 6.45) is 0. The van der Waals surface area contributed by atoms with Crippen LogP contribution in [0.3, 0.4) is 0 Å². The fourth-order valence-corrected chi connectivity index (χ4v) is 3.61. The van der Waals surface area contributed by atoms with Crippen molar-refractivity contribution in [2.75, 3.05) is 0 Å². The highest BCUT2D eigenvalue weighted by atomic mass is 14.9. The van der Waals surface area contributed by atoms with Crippen LogP contribution in [0.5, 0.6) is 0 Å². The van der Waals surface area contributed by atoms with Gasteiger partial charge in [-0.2, -0.15) is 0 Å². The van der Waals surface area contributed by atoms with E-state index in [4.69, 9.17) is 9.97 Å². The minimum absolute atomic E-state index is 0.754. The Morgan fingerprint density at radius 2 is 1.21 bits per heavy atom. The second-order valence-corrected chi connectivity index (χ2v) is 7.23. The Bertz CT molecular complexity index is 1290. The maximum absolute atomic E-state index is 4.99. The topological polar surface area (TPSA) is 25.8 Å². The molecule has 1 aromatic heterocycles. The number of fused-ring (bicyclic) bond motifs is 1. The SMILES string of the molecule is Cc1ccc(-c2nc(-c3cccc(-c4ccccc4)c3)c3ccccc3n2)cc1. The van der Waals surface area contributed by atoms with E-state index in [1.807, 2.05) is 18.2 Å². The average Bonchev–Trinajstić information content (AvgIpc) is 2.79. The number of hydrogen-bond acceptors (Lipinski definition) is 2. The van der Waals surface area contributed by atoms with Crippen LogP contribution in [0, 0.1) is 6.92 Å². The van der Waals surface area contributed by atoms with E-state index in [0.717, 1.165) is 33.5 Å². The molecule has 0 spiro atoms. The van der Waals surface area contributed by atoms with Crippen LogP contribution in [0.15, 0.2) is 103 Å². The summed E-state index contributed by atoms with van der Waals surface area (Å²) in [5, 5.41) is 1.06. The molecule has 1 heterocycles. The maximum atomic E-state index is 4.99. The van der Waals surface area contributed by atoms with Crippen molar-refractivity contribution < 1.29 is 0 Å². The molecule has 0 aliphatic carbocycles. The predicted molar refractivity (Wildman–Crippen MR) is 121 cm³/mol.